The monoisotopic (exact) mass is 216 g/mol. The van der Waals surface area contributed by atoms with Crippen molar-refractivity contribution in [1.29, 1.82) is 0 Å². The van der Waals surface area contributed by atoms with Gasteiger partial charge in [0.15, 0.2) is 5.65 Å². The van der Waals surface area contributed by atoms with Gasteiger partial charge >= 0.3 is 0 Å². The topological polar surface area (TPSA) is 42.2 Å². The summed E-state index contributed by atoms with van der Waals surface area (Å²) in [5, 5.41) is 7.76. The molecule has 0 bridgehead atoms. The van der Waals surface area contributed by atoms with Gasteiger partial charge in [-0.2, -0.15) is 4.98 Å². The molecule has 0 unspecified atom stereocenters. The molecule has 0 radical (unpaired) electrons. The van der Waals surface area contributed by atoms with Crippen molar-refractivity contribution in [3.8, 4) is 0 Å². The molecule has 4 heteroatoms. The van der Waals surface area contributed by atoms with E-state index in [1.807, 2.05) is 29.6 Å². The standard InChI is InChI=1S/C12H16N4/c1-9-4-3-5-10-14-11(15-16(9)10)13-8-12(2)6-7-12/h3-5H,6-8H2,1-2H3,(H,13,15). The first kappa shape index (κ1) is 9.63. The molecule has 4 nitrogen and oxygen atoms in total. The zero-order chi connectivity index (χ0) is 11.2. The highest BCUT2D eigenvalue weighted by molar-refractivity contribution is 5.44. The molecule has 0 atom stereocenters. The van der Waals surface area contributed by atoms with Crippen LogP contribution in [0.2, 0.25) is 0 Å². The van der Waals surface area contributed by atoms with Crippen LogP contribution in [0.3, 0.4) is 0 Å². The quantitative estimate of drug-likeness (QED) is 0.855. The van der Waals surface area contributed by atoms with E-state index in [0.29, 0.717) is 5.41 Å². The fraction of sp³-hybridized carbons (Fsp3) is 0.500. The van der Waals surface area contributed by atoms with E-state index in [2.05, 4.69) is 22.3 Å². The van der Waals surface area contributed by atoms with Crippen LogP contribution in [-0.2, 0) is 0 Å². The van der Waals surface area contributed by atoms with Crippen molar-refractivity contribution in [2.45, 2.75) is 26.7 Å². The number of aromatic nitrogens is 3. The summed E-state index contributed by atoms with van der Waals surface area (Å²) in [6.07, 6.45) is 2.62. The molecule has 16 heavy (non-hydrogen) atoms. The Morgan fingerprint density at radius 2 is 2.25 bits per heavy atom. The molecule has 1 N–H and O–H groups in total. The highest BCUT2D eigenvalue weighted by Gasteiger charge is 2.37. The van der Waals surface area contributed by atoms with Crippen LogP contribution >= 0.6 is 0 Å². The normalized spacial score (nSPS) is 17.6. The molecule has 2 heterocycles. The van der Waals surface area contributed by atoms with E-state index in [4.69, 9.17) is 0 Å². The van der Waals surface area contributed by atoms with E-state index in [9.17, 15) is 0 Å². The van der Waals surface area contributed by atoms with Crippen molar-refractivity contribution < 1.29 is 0 Å². The molecule has 0 aromatic carbocycles. The van der Waals surface area contributed by atoms with Gasteiger partial charge in [0.2, 0.25) is 5.95 Å². The number of hydrogen-bond acceptors (Lipinski definition) is 3. The molecule has 0 aliphatic heterocycles. The van der Waals surface area contributed by atoms with Gasteiger partial charge in [-0.1, -0.05) is 13.0 Å². The number of rotatable bonds is 3. The van der Waals surface area contributed by atoms with Gasteiger partial charge in [-0.3, -0.25) is 0 Å². The van der Waals surface area contributed by atoms with E-state index in [1.54, 1.807) is 0 Å². The van der Waals surface area contributed by atoms with Gasteiger partial charge < -0.3 is 5.32 Å². The largest absolute Gasteiger partial charge is 0.352 e. The summed E-state index contributed by atoms with van der Waals surface area (Å²) in [7, 11) is 0. The van der Waals surface area contributed by atoms with Crippen LogP contribution in [0.15, 0.2) is 18.2 Å². The zero-order valence-corrected chi connectivity index (χ0v) is 9.70. The second kappa shape index (κ2) is 3.20. The first-order chi connectivity index (χ1) is 7.66. The fourth-order valence-corrected chi connectivity index (χ4v) is 1.79. The van der Waals surface area contributed by atoms with Crippen LogP contribution in [0.5, 0.6) is 0 Å². The number of nitrogens with one attached hydrogen (secondary N) is 1. The number of pyridine rings is 1. The van der Waals surface area contributed by atoms with Gasteiger partial charge in [-0.25, -0.2) is 4.52 Å². The van der Waals surface area contributed by atoms with Crippen molar-refractivity contribution in [2.24, 2.45) is 5.41 Å². The zero-order valence-electron chi connectivity index (χ0n) is 9.70. The third-order valence-electron chi connectivity index (χ3n) is 3.33. The molecule has 2 aromatic rings. The molecular formula is C12H16N4. The fourth-order valence-electron chi connectivity index (χ4n) is 1.79. The van der Waals surface area contributed by atoms with Gasteiger partial charge in [0.05, 0.1) is 0 Å². The van der Waals surface area contributed by atoms with E-state index in [-0.39, 0.29) is 0 Å². The Bertz CT molecular complexity index is 525. The summed E-state index contributed by atoms with van der Waals surface area (Å²) in [6, 6.07) is 6.02. The predicted molar refractivity (Wildman–Crippen MR) is 63.6 cm³/mol. The summed E-state index contributed by atoms with van der Waals surface area (Å²) >= 11 is 0. The summed E-state index contributed by atoms with van der Waals surface area (Å²) in [4.78, 5) is 4.45. The third kappa shape index (κ3) is 1.64. The number of aryl methyl sites for hydroxylation is 1. The second-order valence-electron chi connectivity index (χ2n) is 5.04. The molecule has 1 aliphatic carbocycles. The minimum atomic E-state index is 0.479. The number of hydrogen-bond donors (Lipinski definition) is 1. The van der Waals surface area contributed by atoms with E-state index in [1.165, 1.54) is 12.8 Å². The number of anilines is 1. The van der Waals surface area contributed by atoms with E-state index < -0.39 is 0 Å². The van der Waals surface area contributed by atoms with Gasteiger partial charge in [-0.05, 0) is 37.3 Å². The van der Waals surface area contributed by atoms with Crippen molar-refractivity contribution in [3.63, 3.8) is 0 Å². The summed E-state index contributed by atoms with van der Waals surface area (Å²) in [5.41, 5.74) is 2.49. The van der Waals surface area contributed by atoms with E-state index >= 15 is 0 Å². The maximum Gasteiger partial charge on any atom is 0.243 e. The highest BCUT2D eigenvalue weighted by Crippen LogP contribution is 2.44. The molecule has 0 amide bonds. The van der Waals surface area contributed by atoms with Crippen molar-refractivity contribution >= 4 is 11.6 Å². The lowest BCUT2D eigenvalue weighted by atomic mass is 10.1. The lowest BCUT2D eigenvalue weighted by Crippen LogP contribution is -2.12. The van der Waals surface area contributed by atoms with Gasteiger partial charge in [0.25, 0.3) is 0 Å². The van der Waals surface area contributed by atoms with Crippen LogP contribution < -0.4 is 5.32 Å². The van der Waals surface area contributed by atoms with Crippen LogP contribution in [0.4, 0.5) is 5.95 Å². The number of fused-ring (bicyclic) bond motifs is 1. The van der Waals surface area contributed by atoms with E-state index in [0.717, 1.165) is 23.8 Å². The minimum Gasteiger partial charge on any atom is -0.352 e. The minimum absolute atomic E-state index is 0.479. The average molecular weight is 216 g/mol. The van der Waals surface area contributed by atoms with Gasteiger partial charge in [-0.15, -0.1) is 5.10 Å². The Morgan fingerprint density at radius 1 is 1.44 bits per heavy atom. The Labute approximate surface area is 94.7 Å². The Morgan fingerprint density at radius 3 is 2.94 bits per heavy atom. The molecule has 0 saturated heterocycles. The van der Waals surface area contributed by atoms with Crippen LogP contribution in [0.25, 0.3) is 5.65 Å². The predicted octanol–water partition coefficient (Wildman–Crippen LogP) is 2.25. The lowest BCUT2D eigenvalue weighted by Gasteiger charge is -2.06. The molecule has 0 spiro atoms. The number of nitrogens with zero attached hydrogens (tertiary/aromatic N) is 3. The second-order valence-corrected chi connectivity index (χ2v) is 5.04. The lowest BCUT2D eigenvalue weighted by molar-refractivity contribution is 0.607. The average Bonchev–Trinajstić information content (AvgIpc) is 2.84. The van der Waals surface area contributed by atoms with Crippen LogP contribution in [0.1, 0.15) is 25.5 Å². The maximum absolute atomic E-state index is 4.45. The Hall–Kier alpha value is -1.58. The summed E-state index contributed by atoms with van der Waals surface area (Å²) < 4.78 is 1.87. The molecule has 2 aromatic heterocycles. The highest BCUT2D eigenvalue weighted by atomic mass is 15.4. The molecule has 84 valence electrons. The van der Waals surface area contributed by atoms with Crippen molar-refractivity contribution in [3.05, 3.63) is 23.9 Å². The first-order valence-corrected chi connectivity index (χ1v) is 5.73. The van der Waals surface area contributed by atoms with Gasteiger partial charge in [0, 0.05) is 12.2 Å². The Kier molecular flexibility index (Phi) is 1.93. The smallest absolute Gasteiger partial charge is 0.243 e. The molecule has 1 aliphatic rings. The van der Waals surface area contributed by atoms with Crippen molar-refractivity contribution in [1.82, 2.24) is 14.6 Å². The Balaban J connectivity index is 1.85. The molecule has 3 rings (SSSR count). The molecular weight excluding hydrogens is 200 g/mol. The molecule has 1 fully saturated rings. The van der Waals surface area contributed by atoms with Crippen molar-refractivity contribution in [2.75, 3.05) is 11.9 Å². The molecule has 1 saturated carbocycles. The van der Waals surface area contributed by atoms with Crippen LogP contribution in [0, 0.1) is 12.3 Å². The maximum atomic E-state index is 4.45. The van der Waals surface area contributed by atoms with Gasteiger partial charge in [0.1, 0.15) is 0 Å². The summed E-state index contributed by atoms with van der Waals surface area (Å²) in [6.45, 7) is 5.30. The SMILES string of the molecule is Cc1cccc2nc(NCC3(C)CC3)nn12. The summed E-state index contributed by atoms with van der Waals surface area (Å²) in [5.74, 6) is 0.738. The third-order valence-corrected chi connectivity index (χ3v) is 3.33. The first-order valence-electron chi connectivity index (χ1n) is 5.73. The van der Waals surface area contributed by atoms with Crippen LogP contribution in [-0.4, -0.2) is 21.1 Å².